The number of nitrogens with zero attached hydrogens (tertiary/aromatic N) is 1. The van der Waals surface area contributed by atoms with Crippen LogP contribution in [0.25, 0.3) is 0 Å². The summed E-state index contributed by atoms with van der Waals surface area (Å²) in [4.78, 5) is 14.6. The van der Waals surface area contributed by atoms with E-state index in [2.05, 4.69) is 10.3 Å². The van der Waals surface area contributed by atoms with Gasteiger partial charge in [0.05, 0.1) is 16.2 Å². The number of aromatic nitrogens is 1. The first-order valence-electron chi connectivity index (χ1n) is 5.70. The highest BCUT2D eigenvalue weighted by Crippen LogP contribution is 2.21. The molecule has 0 aromatic carbocycles. The lowest BCUT2D eigenvalue weighted by Gasteiger charge is -2.23. The first-order valence-corrected chi connectivity index (χ1v) is 6.07. The quantitative estimate of drug-likeness (QED) is 0.706. The van der Waals surface area contributed by atoms with Gasteiger partial charge >= 0.3 is 5.97 Å². The van der Waals surface area contributed by atoms with Crippen LogP contribution in [0.3, 0.4) is 0 Å². The summed E-state index contributed by atoms with van der Waals surface area (Å²) in [6.45, 7) is 2.34. The van der Waals surface area contributed by atoms with Gasteiger partial charge in [0.25, 0.3) is 0 Å². The second kappa shape index (κ2) is 6.70. The van der Waals surface area contributed by atoms with Gasteiger partial charge < -0.3 is 20.3 Å². The summed E-state index contributed by atoms with van der Waals surface area (Å²) >= 11 is 5.91. The molecule has 1 aromatic rings. The Morgan fingerprint density at radius 1 is 1.63 bits per heavy atom. The molecule has 1 unspecified atom stereocenters. The van der Waals surface area contributed by atoms with Crippen molar-refractivity contribution in [2.75, 3.05) is 25.6 Å². The molecular weight excluding hydrogens is 272 g/mol. The first-order chi connectivity index (χ1) is 8.85. The van der Waals surface area contributed by atoms with Gasteiger partial charge in [0.1, 0.15) is 5.82 Å². The molecule has 0 radical (unpaired) electrons. The average Bonchev–Trinajstić information content (AvgIpc) is 2.35. The molecule has 0 aliphatic heterocycles. The smallest absolute Gasteiger partial charge is 0.337 e. The van der Waals surface area contributed by atoms with Crippen LogP contribution in [0.5, 0.6) is 0 Å². The number of nitrogens with one attached hydrogen (secondary N) is 1. The molecule has 1 atom stereocenters. The number of aliphatic hydroxyl groups is 1. The van der Waals surface area contributed by atoms with Gasteiger partial charge in [-0.1, -0.05) is 11.6 Å². The normalized spacial score (nSPS) is 13.9. The van der Waals surface area contributed by atoms with E-state index in [1.54, 1.807) is 14.0 Å². The molecule has 6 nitrogen and oxygen atoms in total. The van der Waals surface area contributed by atoms with Crippen LogP contribution >= 0.6 is 11.6 Å². The predicted molar refractivity (Wildman–Crippen MR) is 71.8 cm³/mol. The maximum atomic E-state index is 10.7. The molecule has 7 heteroatoms. The van der Waals surface area contributed by atoms with Crippen molar-refractivity contribution in [2.45, 2.75) is 18.9 Å². The van der Waals surface area contributed by atoms with Gasteiger partial charge in [-0.25, -0.2) is 9.78 Å². The molecule has 0 spiro atoms. The zero-order valence-electron chi connectivity index (χ0n) is 10.8. The predicted octanol–water partition coefficient (Wildman–Crippen LogP) is 1.63. The van der Waals surface area contributed by atoms with Gasteiger partial charge in [0.2, 0.25) is 0 Å². The van der Waals surface area contributed by atoms with E-state index >= 15 is 0 Å². The van der Waals surface area contributed by atoms with Crippen molar-refractivity contribution in [2.24, 2.45) is 0 Å². The fourth-order valence-electron chi connectivity index (χ4n) is 1.37. The van der Waals surface area contributed by atoms with E-state index in [0.29, 0.717) is 18.8 Å². The molecule has 1 rings (SSSR count). The van der Waals surface area contributed by atoms with Crippen molar-refractivity contribution < 1.29 is 19.7 Å². The number of anilines is 1. The lowest BCUT2D eigenvalue weighted by Crippen LogP contribution is -2.34. The Morgan fingerprint density at radius 3 is 2.84 bits per heavy atom. The summed E-state index contributed by atoms with van der Waals surface area (Å²) in [7, 11) is 1.56. The Bertz CT molecular complexity index is 451. The van der Waals surface area contributed by atoms with E-state index in [0.717, 1.165) is 0 Å². The van der Waals surface area contributed by atoms with Gasteiger partial charge in [0.15, 0.2) is 0 Å². The number of aromatic carboxylic acids is 1. The van der Waals surface area contributed by atoms with Crippen LogP contribution in [0.1, 0.15) is 23.7 Å². The van der Waals surface area contributed by atoms with Crippen LogP contribution in [0, 0.1) is 0 Å². The summed E-state index contributed by atoms with van der Waals surface area (Å²) in [6.07, 6.45) is 1.67. The van der Waals surface area contributed by atoms with Crippen molar-refractivity contribution >= 4 is 23.4 Å². The second-order valence-corrected chi connectivity index (χ2v) is 4.86. The molecule has 106 valence electrons. The highest BCUT2D eigenvalue weighted by Gasteiger charge is 2.20. The lowest BCUT2D eigenvalue weighted by atomic mass is 10.0. The number of pyridine rings is 1. The number of halogens is 1. The number of carbonyl (C=O) groups is 1. The Hall–Kier alpha value is -1.37. The zero-order valence-corrected chi connectivity index (χ0v) is 11.6. The fourth-order valence-corrected chi connectivity index (χ4v) is 1.60. The second-order valence-electron chi connectivity index (χ2n) is 4.45. The van der Waals surface area contributed by atoms with Gasteiger partial charge in [-0.15, -0.1) is 0 Å². The minimum absolute atomic E-state index is 0.0155. The third-order valence-corrected chi connectivity index (χ3v) is 2.86. The highest BCUT2D eigenvalue weighted by molar-refractivity contribution is 6.33. The topological polar surface area (TPSA) is 91.7 Å². The van der Waals surface area contributed by atoms with Crippen LogP contribution < -0.4 is 5.32 Å². The molecule has 0 fully saturated rings. The number of hydrogen-bond acceptors (Lipinski definition) is 5. The van der Waals surface area contributed by atoms with E-state index < -0.39 is 11.6 Å². The van der Waals surface area contributed by atoms with Crippen molar-refractivity contribution in [1.29, 1.82) is 0 Å². The molecule has 1 heterocycles. The summed E-state index contributed by atoms with van der Waals surface area (Å²) in [6, 6.07) is 1.31. The molecule has 3 N–H and O–H groups in total. The molecule has 0 bridgehead atoms. The molecular formula is C12H17ClN2O4. The third-order valence-electron chi connectivity index (χ3n) is 2.57. The number of hydrogen-bond donors (Lipinski definition) is 3. The Kier molecular flexibility index (Phi) is 5.53. The largest absolute Gasteiger partial charge is 0.478 e. The van der Waals surface area contributed by atoms with Crippen molar-refractivity contribution in [3.63, 3.8) is 0 Å². The summed E-state index contributed by atoms with van der Waals surface area (Å²) in [5, 5.41) is 21.9. The zero-order chi connectivity index (χ0) is 14.5. The van der Waals surface area contributed by atoms with Gasteiger partial charge in [-0.2, -0.15) is 0 Å². The molecule has 0 aliphatic rings. The Balaban J connectivity index is 2.65. The van der Waals surface area contributed by atoms with E-state index in [-0.39, 0.29) is 17.1 Å². The fraction of sp³-hybridized carbons (Fsp3) is 0.500. The molecule has 0 amide bonds. The number of ether oxygens (including phenoxy) is 1. The van der Waals surface area contributed by atoms with Crippen molar-refractivity contribution in [1.82, 2.24) is 4.98 Å². The number of rotatable bonds is 7. The number of carboxylic acid groups (broad SMARTS) is 1. The molecule has 0 aliphatic carbocycles. The van der Waals surface area contributed by atoms with E-state index in [9.17, 15) is 9.90 Å². The standard InChI is InChI=1S/C12H17ClN2O4/c1-12(18,3-4-19-2)7-15-10-9(13)5-8(6-14-10)11(16)17/h5-6,18H,3-4,7H2,1-2H3,(H,14,15)(H,16,17). The monoisotopic (exact) mass is 288 g/mol. The molecule has 0 saturated heterocycles. The highest BCUT2D eigenvalue weighted by atomic mass is 35.5. The van der Waals surface area contributed by atoms with Crippen LogP contribution in [0.4, 0.5) is 5.82 Å². The molecule has 1 aromatic heterocycles. The van der Waals surface area contributed by atoms with Crippen molar-refractivity contribution in [3.8, 4) is 0 Å². The van der Waals surface area contributed by atoms with Gasteiger partial charge in [0, 0.05) is 32.9 Å². The van der Waals surface area contributed by atoms with Crippen LogP contribution in [0.15, 0.2) is 12.3 Å². The summed E-state index contributed by atoms with van der Waals surface area (Å²) in [5.41, 5.74) is -0.950. The van der Waals surface area contributed by atoms with Crippen molar-refractivity contribution in [3.05, 3.63) is 22.8 Å². The van der Waals surface area contributed by atoms with Crippen LogP contribution in [-0.4, -0.2) is 47.0 Å². The Morgan fingerprint density at radius 2 is 2.32 bits per heavy atom. The lowest BCUT2D eigenvalue weighted by molar-refractivity contribution is 0.0356. The Labute approximate surface area is 116 Å². The third kappa shape index (κ3) is 5.02. The van der Waals surface area contributed by atoms with Gasteiger partial charge in [-0.05, 0) is 13.0 Å². The molecule has 0 saturated carbocycles. The van der Waals surface area contributed by atoms with Gasteiger partial charge in [-0.3, -0.25) is 0 Å². The van der Waals surface area contributed by atoms with E-state index in [1.807, 2.05) is 0 Å². The molecule has 19 heavy (non-hydrogen) atoms. The van der Waals surface area contributed by atoms with Crippen LogP contribution in [0.2, 0.25) is 5.02 Å². The number of methoxy groups -OCH3 is 1. The van der Waals surface area contributed by atoms with E-state index in [1.165, 1.54) is 12.3 Å². The average molecular weight is 289 g/mol. The summed E-state index contributed by atoms with van der Waals surface area (Å²) < 4.78 is 4.90. The van der Waals surface area contributed by atoms with E-state index in [4.69, 9.17) is 21.4 Å². The summed E-state index contributed by atoms with van der Waals surface area (Å²) in [5.74, 6) is -0.752. The minimum Gasteiger partial charge on any atom is -0.478 e. The van der Waals surface area contributed by atoms with Crippen LogP contribution in [-0.2, 0) is 4.74 Å². The number of carboxylic acids is 1. The minimum atomic E-state index is -1.09. The maximum Gasteiger partial charge on any atom is 0.337 e. The SMILES string of the molecule is COCCC(C)(O)CNc1ncc(C(=O)O)cc1Cl. The maximum absolute atomic E-state index is 10.7. The first kappa shape index (κ1) is 15.7.